The summed E-state index contributed by atoms with van der Waals surface area (Å²) in [4.78, 5) is 17.0. The fourth-order valence-corrected chi connectivity index (χ4v) is 3.80. The van der Waals surface area contributed by atoms with Crippen LogP contribution in [0.4, 0.5) is 16.6 Å². The van der Waals surface area contributed by atoms with Crippen molar-refractivity contribution in [3.63, 3.8) is 0 Å². The summed E-state index contributed by atoms with van der Waals surface area (Å²) in [5, 5.41) is 6.80. The van der Waals surface area contributed by atoms with Crippen LogP contribution in [0.25, 0.3) is 0 Å². The number of hydrogen-bond donors (Lipinski definition) is 3. The predicted octanol–water partition coefficient (Wildman–Crippen LogP) is 4.08. The van der Waals surface area contributed by atoms with Crippen LogP contribution in [-0.2, 0) is 0 Å². The lowest BCUT2D eigenvalue weighted by molar-refractivity contribution is 0.103. The second-order valence-corrected chi connectivity index (χ2v) is 7.41. The van der Waals surface area contributed by atoms with Crippen molar-refractivity contribution in [2.75, 3.05) is 16.4 Å². The lowest BCUT2D eigenvalue weighted by Crippen LogP contribution is -2.13. The minimum atomic E-state index is -0.263. The molecule has 0 aliphatic heterocycles. The number of carbonyl (C=O) groups excluding carboxylic acids is 1. The molecule has 0 atom stereocenters. The van der Waals surface area contributed by atoms with Crippen LogP contribution in [-0.4, -0.2) is 16.9 Å². The lowest BCUT2D eigenvalue weighted by Gasteiger charge is -2.08. The number of nitrogen functional groups attached to an aromatic ring is 1. The first kappa shape index (κ1) is 14.8. The maximum absolute atomic E-state index is 12.4. The number of amides is 1. The molecule has 1 heterocycles. The van der Waals surface area contributed by atoms with Crippen molar-refractivity contribution in [1.82, 2.24) is 4.98 Å². The van der Waals surface area contributed by atoms with Crippen LogP contribution in [0.1, 0.15) is 22.5 Å². The molecule has 1 aliphatic rings. The van der Waals surface area contributed by atoms with E-state index in [0.717, 1.165) is 21.8 Å². The Morgan fingerprint density at radius 2 is 2.00 bits per heavy atom. The maximum Gasteiger partial charge on any atom is 0.269 e. The number of aromatic nitrogens is 1. The first-order chi connectivity index (χ1) is 10.0. The quantitative estimate of drug-likeness (QED) is 0.681. The number of anilines is 3. The minimum absolute atomic E-state index is 0.254. The molecule has 1 amide bonds. The number of nitrogens with two attached hydrogens (primary N) is 1. The van der Waals surface area contributed by atoms with Crippen LogP contribution in [0.2, 0.25) is 0 Å². The Morgan fingerprint density at radius 1 is 1.33 bits per heavy atom. The number of rotatable bonds is 4. The molecule has 1 saturated carbocycles. The number of halogens is 2. The number of carbonyl (C=O) groups is 1. The molecule has 3 rings (SSSR count). The molecule has 1 fully saturated rings. The Bertz CT molecular complexity index is 679. The summed E-state index contributed by atoms with van der Waals surface area (Å²) < 4.78 is 1.59. The molecular weight excluding hydrogens is 420 g/mol. The fraction of sp³-hybridized carbons (Fsp3) is 0.231. The Hall–Kier alpha value is -1.12. The second-order valence-electron chi connectivity index (χ2n) is 4.70. The van der Waals surface area contributed by atoms with Gasteiger partial charge in [-0.2, -0.15) is 0 Å². The molecule has 1 aromatic carbocycles. The van der Waals surface area contributed by atoms with Gasteiger partial charge in [-0.15, -0.1) is 0 Å². The molecule has 21 heavy (non-hydrogen) atoms. The average molecular weight is 432 g/mol. The molecule has 0 bridgehead atoms. The third-order valence-corrected chi connectivity index (χ3v) is 5.29. The van der Waals surface area contributed by atoms with Crippen LogP contribution in [0, 0.1) is 0 Å². The molecule has 2 aromatic rings. The predicted molar refractivity (Wildman–Crippen MR) is 93.0 cm³/mol. The van der Waals surface area contributed by atoms with E-state index in [-0.39, 0.29) is 11.7 Å². The zero-order valence-electron chi connectivity index (χ0n) is 10.8. The zero-order chi connectivity index (χ0) is 15.0. The van der Waals surface area contributed by atoms with E-state index in [1.54, 1.807) is 0 Å². The molecule has 1 aliphatic carbocycles. The summed E-state index contributed by atoms with van der Waals surface area (Å²) in [6.45, 7) is 0. The van der Waals surface area contributed by atoms with Crippen LogP contribution in [0.5, 0.6) is 0 Å². The highest BCUT2D eigenvalue weighted by Crippen LogP contribution is 2.34. The highest BCUT2D eigenvalue weighted by molar-refractivity contribution is 9.11. The van der Waals surface area contributed by atoms with Crippen LogP contribution < -0.4 is 16.4 Å². The fourth-order valence-electron chi connectivity index (χ4n) is 1.75. The van der Waals surface area contributed by atoms with Crippen LogP contribution in [0.3, 0.4) is 0 Å². The van der Waals surface area contributed by atoms with E-state index in [0.29, 0.717) is 21.7 Å². The van der Waals surface area contributed by atoms with Crippen molar-refractivity contribution in [3.05, 3.63) is 32.0 Å². The maximum atomic E-state index is 12.4. The van der Waals surface area contributed by atoms with Crippen molar-refractivity contribution in [3.8, 4) is 0 Å². The minimum Gasteiger partial charge on any atom is -0.382 e. The highest BCUT2D eigenvalue weighted by atomic mass is 79.9. The summed E-state index contributed by atoms with van der Waals surface area (Å²) in [6, 6.07) is 6.07. The second kappa shape index (κ2) is 5.94. The number of hydrogen-bond acceptors (Lipinski definition) is 5. The molecule has 1 aromatic heterocycles. The van der Waals surface area contributed by atoms with Gasteiger partial charge >= 0.3 is 0 Å². The zero-order valence-corrected chi connectivity index (χ0v) is 14.8. The molecule has 4 N–H and O–H groups in total. The molecule has 0 radical (unpaired) electrons. The third kappa shape index (κ3) is 3.38. The van der Waals surface area contributed by atoms with Gasteiger partial charge in [0.2, 0.25) is 0 Å². The molecule has 0 unspecified atom stereocenters. The van der Waals surface area contributed by atoms with E-state index in [9.17, 15) is 4.79 Å². The smallest absolute Gasteiger partial charge is 0.269 e. The first-order valence-electron chi connectivity index (χ1n) is 6.33. The molecule has 0 spiro atoms. The van der Waals surface area contributed by atoms with E-state index in [4.69, 9.17) is 5.73 Å². The number of nitrogens with one attached hydrogen (secondary N) is 2. The van der Waals surface area contributed by atoms with Crippen molar-refractivity contribution < 1.29 is 4.79 Å². The highest BCUT2D eigenvalue weighted by Gasteiger charge is 2.24. The number of benzene rings is 1. The normalized spacial score (nSPS) is 14.0. The molecule has 8 heteroatoms. The number of para-hydroxylation sites is 1. The van der Waals surface area contributed by atoms with E-state index < -0.39 is 0 Å². The Labute approximate surface area is 142 Å². The Kier molecular flexibility index (Phi) is 4.19. The first-order valence-corrected chi connectivity index (χ1v) is 8.73. The average Bonchev–Trinajstić information content (AvgIpc) is 3.16. The topological polar surface area (TPSA) is 80.0 Å². The molecular formula is C13H12Br2N4OS. The Morgan fingerprint density at radius 3 is 2.62 bits per heavy atom. The molecule has 5 nitrogen and oxygen atoms in total. The van der Waals surface area contributed by atoms with Gasteiger partial charge in [0.05, 0.1) is 5.69 Å². The van der Waals surface area contributed by atoms with Gasteiger partial charge in [0.25, 0.3) is 5.91 Å². The monoisotopic (exact) mass is 430 g/mol. The number of nitrogens with zero attached hydrogens (tertiary/aromatic N) is 1. The van der Waals surface area contributed by atoms with E-state index in [1.807, 2.05) is 18.2 Å². The van der Waals surface area contributed by atoms with Crippen molar-refractivity contribution in [1.29, 1.82) is 0 Å². The number of thiazole rings is 1. The van der Waals surface area contributed by atoms with E-state index in [1.165, 1.54) is 11.3 Å². The summed E-state index contributed by atoms with van der Waals surface area (Å²) >= 11 is 8.10. The molecule has 0 saturated heterocycles. The van der Waals surface area contributed by atoms with E-state index in [2.05, 4.69) is 47.5 Å². The Balaban J connectivity index is 1.80. The van der Waals surface area contributed by atoms with Crippen LogP contribution in [0.15, 0.2) is 27.1 Å². The van der Waals surface area contributed by atoms with Gasteiger partial charge in [-0.1, -0.05) is 17.4 Å². The van der Waals surface area contributed by atoms with Crippen molar-refractivity contribution >= 4 is 65.7 Å². The molecule has 110 valence electrons. The van der Waals surface area contributed by atoms with Gasteiger partial charge in [0.15, 0.2) is 5.13 Å². The van der Waals surface area contributed by atoms with Crippen molar-refractivity contribution in [2.45, 2.75) is 18.9 Å². The van der Waals surface area contributed by atoms with Gasteiger partial charge < -0.3 is 16.4 Å². The van der Waals surface area contributed by atoms with Gasteiger partial charge in [-0.3, -0.25) is 4.79 Å². The largest absolute Gasteiger partial charge is 0.382 e. The van der Waals surface area contributed by atoms with Gasteiger partial charge in [0.1, 0.15) is 10.7 Å². The van der Waals surface area contributed by atoms with E-state index >= 15 is 0 Å². The van der Waals surface area contributed by atoms with Crippen LogP contribution >= 0.6 is 43.2 Å². The third-order valence-electron chi connectivity index (χ3n) is 2.97. The van der Waals surface area contributed by atoms with Gasteiger partial charge in [-0.05, 0) is 56.8 Å². The van der Waals surface area contributed by atoms with Crippen molar-refractivity contribution in [2.24, 2.45) is 0 Å². The summed E-state index contributed by atoms with van der Waals surface area (Å²) in [7, 11) is 0. The summed E-state index contributed by atoms with van der Waals surface area (Å²) in [6.07, 6.45) is 2.29. The lowest BCUT2D eigenvalue weighted by atomic mass is 10.3. The SMILES string of the molecule is Nc1nc(NC2CC2)sc1C(=O)Nc1c(Br)cccc1Br. The van der Waals surface area contributed by atoms with Gasteiger partial charge in [-0.25, -0.2) is 4.98 Å². The summed E-state index contributed by atoms with van der Waals surface area (Å²) in [5.41, 5.74) is 6.52. The standard InChI is InChI=1S/C13H12Br2N4OS/c14-7-2-1-3-8(15)9(7)18-12(20)10-11(16)19-13(21-10)17-6-4-5-6/h1-3,6H,4-5,16H2,(H,17,19)(H,18,20). The van der Waals surface area contributed by atoms with Gasteiger partial charge in [0, 0.05) is 15.0 Å². The summed E-state index contributed by atoms with van der Waals surface area (Å²) in [5.74, 6) is -0.00901.